The Hall–Kier alpha value is -1.14. The van der Waals surface area contributed by atoms with Gasteiger partial charge < -0.3 is 24.8 Å². The van der Waals surface area contributed by atoms with Crippen LogP contribution in [0.2, 0.25) is 0 Å². The van der Waals surface area contributed by atoms with E-state index in [-0.39, 0.29) is 0 Å². The van der Waals surface area contributed by atoms with Gasteiger partial charge in [-0.05, 0) is 17.7 Å². The third kappa shape index (κ3) is 3.95. The van der Waals surface area contributed by atoms with Gasteiger partial charge in [0.05, 0.1) is 19.8 Å². The van der Waals surface area contributed by atoms with E-state index in [1.165, 1.54) is 11.3 Å². The normalized spacial score (nSPS) is 26.2. The first-order valence-electron chi connectivity index (χ1n) is 7.68. The highest BCUT2D eigenvalue weighted by atomic mass is 16.5. The van der Waals surface area contributed by atoms with Gasteiger partial charge in [-0.15, -0.1) is 0 Å². The van der Waals surface area contributed by atoms with Crippen molar-refractivity contribution < 1.29 is 14.6 Å². The van der Waals surface area contributed by atoms with E-state index in [1.807, 2.05) is 0 Å². The van der Waals surface area contributed by atoms with Gasteiger partial charge in [0.2, 0.25) is 0 Å². The molecule has 2 saturated heterocycles. The average molecular weight is 292 g/mol. The van der Waals surface area contributed by atoms with Crippen LogP contribution in [0, 0.1) is 0 Å². The molecule has 2 fully saturated rings. The molecule has 0 radical (unpaired) electrons. The average Bonchev–Trinajstić information content (AvgIpc) is 2.96. The lowest BCUT2D eigenvalue weighted by Crippen LogP contribution is -2.40. The van der Waals surface area contributed by atoms with Gasteiger partial charge in [-0.1, -0.05) is 12.1 Å². The molecule has 1 aromatic carbocycles. The summed E-state index contributed by atoms with van der Waals surface area (Å²) in [5.41, 5.74) is 1.80. The van der Waals surface area contributed by atoms with Crippen molar-refractivity contribution in [2.75, 3.05) is 51.0 Å². The van der Waals surface area contributed by atoms with Gasteiger partial charge in [-0.25, -0.2) is 0 Å². The standard InChI is InChI=1S/C16H24N2O3/c19-16(5-8-21-13-16)12-17-11-14-1-3-15(4-2-14)18-6-9-20-10-7-18/h1-4,17,19H,5-13H2. The summed E-state index contributed by atoms with van der Waals surface area (Å²) in [6, 6.07) is 8.62. The van der Waals surface area contributed by atoms with Crippen molar-refractivity contribution in [3.8, 4) is 0 Å². The predicted molar refractivity (Wildman–Crippen MR) is 81.6 cm³/mol. The largest absolute Gasteiger partial charge is 0.386 e. The molecule has 2 aliphatic heterocycles. The van der Waals surface area contributed by atoms with Crippen LogP contribution in [0.3, 0.4) is 0 Å². The van der Waals surface area contributed by atoms with E-state index < -0.39 is 5.60 Å². The molecule has 1 aromatic rings. The summed E-state index contributed by atoms with van der Waals surface area (Å²) in [5, 5.41) is 13.5. The molecule has 0 amide bonds. The molecule has 1 atom stereocenters. The summed E-state index contributed by atoms with van der Waals surface area (Å²) in [7, 11) is 0. The maximum absolute atomic E-state index is 10.2. The lowest BCUT2D eigenvalue weighted by atomic mass is 10.0. The molecule has 0 bridgehead atoms. The number of hydrogen-bond donors (Lipinski definition) is 2. The smallest absolute Gasteiger partial charge is 0.102 e. The number of nitrogens with one attached hydrogen (secondary N) is 1. The van der Waals surface area contributed by atoms with E-state index in [0.717, 1.165) is 39.3 Å². The fourth-order valence-corrected chi connectivity index (χ4v) is 2.82. The maximum Gasteiger partial charge on any atom is 0.102 e. The van der Waals surface area contributed by atoms with Crippen molar-refractivity contribution in [1.29, 1.82) is 0 Å². The highest BCUT2D eigenvalue weighted by Gasteiger charge is 2.31. The Balaban J connectivity index is 1.47. The van der Waals surface area contributed by atoms with Crippen molar-refractivity contribution in [1.82, 2.24) is 5.32 Å². The zero-order valence-corrected chi connectivity index (χ0v) is 12.4. The lowest BCUT2D eigenvalue weighted by molar-refractivity contribution is 0.0268. The molecule has 0 saturated carbocycles. The van der Waals surface area contributed by atoms with Crippen LogP contribution in [0.1, 0.15) is 12.0 Å². The maximum atomic E-state index is 10.2. The predicted octanol–water partition coefficient (Wildman–Crippen LogP) is 0.764. The zero-order chi connectivity index (χ0) is 14.5. The van der Waals surface area contributed by atoms with Gasteiger partial charge in [0, 0.05) is 44.9 Å². The first-order chi connectivity index (χ1) is 10.3. The minimum Gasteiger partial charge on any atom is -0.386 e. The molecule has 5 nitrogen and oxygen atoms in total. The summed E-state index contributed by atoms with van der Waals surface area (Å²) in [6.45, 7) is 6.00. The molecule has 0 spiro atoms. The zero-order valence-electron chi connectivity index (χ0n) is 12.4. The first kappa shape index (κ1) is 14.8. The number of morpholine rings is 1. The van der Waals surface area contributed by atoms with Crippen LogP contribution < -0.4 is 10.2 Å². The van der Waals surface area contributed by atoms with Gasteiger partial charge >= 0.3 is 0 Å². The highest BCUT2D eigenvalue weighted by Crippen LogP contribution is 2.18. The van der Waals surface area contributed by atoms with Gasteiger partial charge in [-0.2, -0.15) is 0 Å². The van der Waals surface area contributed by atoms with Crippen molar-refractivity contribution >= 4 is 5.69 Å². The molecule has 0 aliphatic carbocycles. The summed E-state index contributed by atoms with van der Waals surface area (Å²) in [5.74, 6) is 0. The minimum atomic E-state index is -0.687. The third-order valence-electron chi connectivity index (χ3n) is 4.18. The minimum absolute atomic E-state index is 0.440. The quantitative estimate of drug-likeness (QED) is 0.839. The molecule has 3 rings (SSSR count). The topological polar surface area (TPSA) is 54.0 Å². The summed E-state index contributed by atoms with van der Waals surface area (Å²) in [4.78, 5) is 2.35. The van der Waals surface area contributed by atoms with Crippen LogP contribution in [-0.2, 0) is 16.0 Å². The number of aliphatic hydroxyl groups is 1. The molecule has 2 aliphatic rings. The van der Waals surface area contributed by atoms with Gasteiger partial charge in [-0.3, -0.25) is 0 Å². The van der Waals surface area contributed by atoms with Crippen molar-refractivity contribution in [3.05, 3.63) is 29.8 Å². The molecule has 1 unspecified atom stereocenters. The summed E-state index contributed by atoms with van der Waals surface area (Å²) in [6.07, 6.45) is 0.718. The Morgan fingerprint density at radius 3 is 2.52 bits per heavy atom. The number of ether oxygens (including phenoxy) is 2. The van der Waals surface area contributed by atoms with Crippen molar-refractivity contribution in [3.63, 3.8) is 0 Å². The SMILES string of the molecule is OC1(CNCc2ccc(N3CCOCC3)cc2)CCOC1. The molecular weight excluding hydrogens is 268 g/mol. The van der Waals surface area contributed by atoms with Crippen LogP contribution in [-0.4, -0.2) is 56.8 Å². The molecule has 116 valence electrons. The molecule has 2 heterocycles. The molecule has 2 N–H and O–H groups in total. The van der Waals surface area contributed by atoms with Crippen LogP contribution in [0.15, 0.2) is 24.3 Å². The Morgan fingerprint density at radius 1 is 1.10 bits per heavy atom. The van der Waals surface area contributed by atoms with Crippen LogP contribution in [0.25, 0.3) is 0 Å². The number of nitrogens with zero attached hydrogens (tertiary/aromatic N) is 1. The Bertz CT molecular complexity index is 437. The van der Waals surface area contributed by atoms with E-state index in [1.54, 1.807) is 0 Å². The van der Waals surface area contributed by atoms with Gasteiger partial charge in [0.1, 0.15) is 5.60 Å². The number of hydrogen-bond acceptors (Lipinski definition) is 5. The molecule has 5 heteroatoms. The van der Waals surface area contributed by atoms with Crippen LogP contribution in [0.5, 0.6) is 0 Å². The van der Waals surface area contributed by atoms with Gasteiger partial charge in [0.25, 0.3) is 0 Å². The van der Waals surface area contributed by atoms with E-state index >= 15 is 0 Å². The number of benzene rings is 1. The van der Waals surface area contributed by atoms with E-state index in [0.29, 0.717) is 19.8 Å². The molecular formula is C16H24N2O3. The summed E-state index contributed by atoms with van der Waals surface area (Å²) >= 11 is 0. The fraction of sp³-hybridized carbons (Fsp3) is 0.625. The lowest BCUT2D eigenvalue weighted by Gasteiger charge is -2.29. The second-order valence-corrected chi connectivity index (χ2v) is 5.90. The summed E-state index contributed by atoms with van der Waals surface area (Å²) < 4.78 is 10.6. The van der Waals surface area contributed by atoms with E-state index in [4.69, 9.17) is 9.47 Å². The van der Waals surface area contributed by atoms with Crippen LogP contribution in [0.4, 0.5) is 5.69 Å². The van der Waals surface area contributed by atoms with E-state index in [9.17, 15) is 5.11 Å². The Labute approximate surface area is 125 Å². The van der Waals surface area contributed by atoms with E-state index in [2.05, 4.69) is 34.5 Å². The highest BCUT2D eigenvalue weighted by molar-refractivity contribution is 5.47. The van der Waals surface area contributed by atoms with Crippen LogP contribution >= 0.6 is 0 Å². The first-order valence-corrected chi connectivity index (χ1v) is 7.68. The third-order valence-corrected chi connectivity index (χ3v) is 4.18. The number of rotatable bonds is 5. The van der Waals surface area contributed by atoms with Crippen molar-refractivity contribution in [2.24, 2.45) is 0 Å². The van der Waals surface area contributed by atoms with Gasteiger partial charge in [0.15, 0.2) is 0 Å². The fourth-order valence-electron chi connectivity index (χ4n) is 2.82. The second kappa shape index (κ2) is 6.75. The Morgan fingerprint density at radius 2 is 1.86 bits per heavy atom. The second-order valence-electron chi connectivity index (χ2n) is 5.90. The molecule has 21 heavy (non-hydrogen) atoms. The number of anilines is 1. The Kier molecular flexibility index (Phi) is 4.75. The molecule has 0 aromatic heterocycles. The monoisotopic (exact) mass is 292 g/mol. The van der Waals surface area contributed by atoms with Crippen molar-refractivity contribution in [2.45, 2.75) is 18.6 Å².